The van der Waals surface area contributed by atoms with E-state index in [1.54, 1.807) is 57.8 Å². The first-order valence-electron chi connectivity index (χ1n) is 13.1. The Kier molecular flexibility index (Phi) is 16.4. The van der Waals surface area contributed by atoms with E-state index in [1.165, 1.54) is 51.4 Å². The van der Waals surface area contributed by atoms with Crippen molar-refractivity contribution in [3.05, 3.63) is 47.5 Å². The average molecular weight is 558 g/mol. The molecular formula is C28H46Cl2Si2Ti. The third-order valence-electron chi connectivity index (χ3n) is 8.32. The van der Waals surface area contributed by atoms with Crippen LogP contribution in [-0.4, -0.2) is 16.1 Å². The summed E-state index contributed by atoms with van der Waals surface area (Å²) in [5.41, 5.74) is 3.11. The van der Waals surface area contributed by atoms with Crippen molar-refractivity contribution >= 4 is 26.5 Å². The molecule has 2 aliphatic rings. The van der Waals surface area contributed by atoms with Gasteiger partial charge in [0.05, 0.1) is 0 Å². The summed E-state index contributed by atoms with van der Waals surface area (Å²) in [6.07, 6.45) is 11.1. The van der Waals surface area contributed by atoms with E-state index in [4.69, 9.17) is 0 Å². The van der Waals surface area contributed by atoms with E-state index in [-0.39, 0.29) is 46.5 Å². The minimum Gasteiger partial charge on any atom is -1.00 e. The van der Waals surface area contributed by atoms with Gasteiger partial charge in [-0.3, -0.25) is 0 Å². The number of halogens is 2. The summed E-state index contributed by atoms with van der Waals surface area (Å²) in [5, 5.41) is 3.55. The van der Waals surface area contributed by atoms with Crippen LogP contribution in [0.3, 0.4) is 0 Å². The molecule has 2 aromatic carbocycles. The summed E-state index contributed by atoms with van der Waals surface area (Å²) in [6, 6.07) is 24.0. The molecule has 0 unspecified atom stereocenters. The van der Waals surface area contributed by atoms with E-state index in [0.717, 1.165) is 0 Å². The van der Waals surface area contributed by atoms with Crippen molar-refractivity contribution < 1.29 is 46.5 Å². The molecule has 0 N–H and O–H groups in total. The predicted octanol–water partition coefficient (Wildman–Crippen LogP) is 1.66. The maximum atomic E-state index is 2.51. The average Bonchev–Trinajstić information content (AvgIpc) is 3.37. The summed E-state index contributed by atoms with van der Waals surface area (Å²) in [6.45, 7) is 9.17. The van der Waals surface area contributed by atoms with Crippen molar-refractivity contribution in [1.29, 1.82) is 0 Å². The molecule has 2 aromatic rings. The summed E-state index contributed by atoms with van der Waals surface area (Å²) in [4.78, 5) is 0. The molecule has 33 heavy (non-hydrogen) atoms. The van der Waals surface area contributed by atoms with Gasteiger partial charge in [0.15, 0.2) is 0 Å². The molecule has 0 aromatic heterocycles. The molecule has 0 atom stereocenters. The first-order valence-corrected chi connectivity index (χ1v) is 18.4. The van der Waals surface area contributed by atoms with E-state index in [9.17, 15) is 0 Å². The molecule has 0 radical (unpaired) electrons. The van der Waals surface area contributed by atoms with Gasteiger partial charge >= 0.3 is 21.7 Å². The van der Waals surface area contributed by atoms with Crippen molar-refractivity contribution in [2.24, 2.45) is 0 Å². The summed E-state index contributed by atoms with van der Waals surface area (Å²) in [7, 11) is -1.87. The molecule has 0 nitrogen and oxygen atoms in total. The van der Waals surface area contributed by atoms with Crippen molar-refractivity contribution in [3.8, 4) is 0 Å². The van der Waals surface area contributed by atoms with E-state index in [2.05, 4.69) is 64.1 Å². The van der Waals surface area contributed by atoms with E-state index in [1.807, 2.05) is 0 Å². The first-order chi connectivity index (χ1) is 14.6. The molecule has 2 heterocycles. The van der Waals surface area contributed by atoms with E-state index >= 15 is 0 Å². The molecule has 184 valence electrons. The van der Waals surface area contributed by atoms with Gasteiger partial charge in [0.25, 0.3) is 0 Å². The van der Waals surface area contributed by atoms with Gasteiger partial charge in [-0.25, -0.2) is 12.1 Å². The molecule has 0 aliphatic carbocycles. The molecule has 2 aliphatic heterocycles. The van der Waals surface area contributed by atoms with Crippen LogP contribution in [0.4, 0.5) is 0 Å². The third-order valence-corrected chi connectivity index (χ3v) is 19.3. The van der Waals surface area contributed by atoms with Crippen LogP contribution in [0.15, 0.2) is 36.4 Å². The normalized spacial score (nSPS) is 17.1. The Labute approximate surface area is 234 Å². The Hall–Kier alpha value is 0.428. The Morgan fingerprint density at radius 3 is 1.24 bits per heavy atom. The molecular weight excluding hydrogens is 511 g/mol. The summed E-state index contributed by atoms with van der Waals surface area (Å²) in [5.74, 6) is 0. The molecule has 0 spiro atoms. The molecule has 2 saturated heterocycles. The van der Waals surface area contributed by atoms with Gasteiger partial charge in [-0.15, -0.1) is 0 Å². The predicted molar refractivity (Wildman–Crippen MR) is 141 cm³/mol. The van der Waals surface area contributed by atoms with Crippen molar-refractivity contribution in [1.82, 2.24) is 0 Å². The molecule has 4 rings (SSSR count). The first kappa shape index (κ1) is 33.4. The van der Waals surface area contributed by atoms with Gasteiger partial charge in [-0.05, 0) is 0 Å². The SMILES string of the molecule is CCCC[Si]1([c-]2ccc(CC)c2)CCC1.CCCC[Si]1([c-]2ccc(CC)c2)CCC1.[Cl-].[Cl-].[Ti+4]. The fourth-order valence-electron chi connectivity index (χ4n) is 5.69. The second-order valence-corrected chi connectivity index (χ2v) is 19.5. The number of hydrogen-bond acceptors (Lipinski definition) is 0. The largest absolute Gasteiger partial charge is 4.00 e. The maximum absolute atomic E-state index is 2.51. The minimum absolute atomic E-state index is 0. The number of rotatable bonds is 10. The Morgan fingerprint density at radius 1 is 0.667 bits per heavy atom. The zero-order chi connectivity index (χ0) is 21.5. The quantitative estimate of drug-likeness (QED) is 0.308. The second kappa shape index (κ2) is 16.2. The van der Waals surface area contributed by atoms with Gasteiger partial charge < -0.3 is 24.8 Å². The van der Waals surface area contributed by atoms with Crippen LogP contribution in [0.25, 0.3) is 0 Å². The van der Waals surface area contributed by atoms with Gasteiger partial charge in [0, 0.05) is 16.1 Å². The van der Waals surface area contributed by atoms with Crippen LogP contribution >= 0.6 is 0 Å². The minimum atomic E-state index is -0.935. The topological polar surface area (TPSA) is 0 Å². The zero-order valence-electron chi connectivity index (χ0n) is 21.6. The van der Waals surface area contributed by atoms with E-state index < -0.39 is 16.1 Å². The third kappa shape index (κ3) is 8.22. The zero-order valence-corrected chi connectivity index (χ0v) is 26.7. The van der Waals surface area contributed by atoms with Crippen molar-refractivity contribution in [2.75, 3.05) is 0 Å². The van der Waals surface area contributed by atoms with Gasteiger partial charge in [0.1, 0.15) is 0 Å². The van der Waals surface area contributed by atoms with Crippen LogP contribution in [-0.2, 0) is 34.6 Å². The maximum Gasteiger partial charge on any atom is 4.00 e. The van der Waals surface area contributed by atoms with Gasteiger partial charge in [-0.2, -0.15) is 45.8 Å². The van der Waals surface area contributed by atoms with Gasteiger partial charge in [0.2, 0.25) is 0 Å². The Balaban J connectivity index is 0.000000569. The summed E-state index contributed by atoms with van der Waals surface area (Å²) >= 11 is 0. The van der Waals surface area contributed by atoms with Gasteiger partial charge in [-0.1, -0.05) is 115 Å². The van der Waals surface area contributed by atoms with Crippen LogP contribution in [0, 0.1) is 0 Å². The second-order valence-electron chi connectivity index (χ2n) is 10.2. The summed E-state index contributed by atoms with van der Waals surface area (Å²) < 4.78 is 0. The number of unbranched alkanes of at least 4 members (excludes halogenated alkanes) is 2. The standard InChI is InChI=1S/2C14H23Si.2ClH.Ti/c2*1-3-5-9-15(10-6-11-15)14-8-7-13(4-2)12-14;;;/h2*7-8,12H,3-6,9-11H2,1-2H3;2*1H;/q2*-1;;;+4/p-2. The van der Waals surface area contributed by atoms with Crippen molar-refractivity contribution in [3.63, 3.8) is 0 Å². The Morgan fingerprint density at radius 2 is 1.03 bits per heavy atom. The van der Waals surface area contributed by atoms with Crippen LogP contribution in [0.5, 0.6) is 0 Å². The Bertz CT molecular complexity index is 695. The van der Waals surface area contributed by atoms with Crippen LogP contribution in [0.2, 0.25) is 36.3 Å². The van der Waals surface area contributed by atoms with Crippen molar-refractivity contribution in [2.45, 2.75) is 115 Å². The van der Waals surface area contributed by atoms with E-state index in [0.29, 0.717) is 0 Å². The van der Waals surface area contributed by atoms with Crippen LogP contribution in [0.1, 0.15) is 77.3 Å². The fraction of sp³-hybridized carbons (Fsp3) is 0.643. The number of aryl methyl sites for hydroxylation is 2. The smallest absolute Gasteiger partial charge is 1.00 e. The molecule has 0 bridgehead atoms. The molecule has 2 fully saturated rings. The molecule has 0 amide bonds. The molecule has 5 heteroatoms. The number of hydrogen-bond donors (Lipinski definition) is 0. The monoisotopic (exact) mass is 556 g/mol. The van der Waals surface area contributed by atoms with Crippen LogP contribution < -0.4 is 35.2 Å². The fourth-order valence-corrected chi connectivity index (χ4v) is 14.8. The molecule has 0 saturated carbocycles.